The first-order valence-electron chi connectivity index (χ1n) is 7.14. The Morgan fingerprint density at radius 2 is 1.91 bits per heavy atom. The second kappa shape index (κ2) is 6.22. The first kappa shape index (κ1) is 17.3. The van der Waals surface area contributed by atoms with Crippen molar-refractivity contribution < 1.29 is 14.6 Å². The molecule has 1 aliphatic rings. The lowest BCUT2D eigenvalue weighted by molar-refractivity contribution is -0.0380. The van der Waals surface area contributed by atoms with Crippen molar-refractivity contribution in [2.24, 2.45) is 0 Å². The van der Waals surface area contributed by atoms with Crippen LogP contribution in [0.15, 0.2) is 12.1 Å². The zero-order valence-electron chi connectivity index (χ0n) is 12.9. The molecule has 0 aliphatic carbocycles. The third kappa shape index (κ3) is 4.03. The molecule has 2 rings (SSSR count). The Hall–Kier alpha value is -1.04. The number of hydrogen-bond donors (Lipinski definition) is 1. The molecule has 1 aliphatic heterocycles. The van der Waals surface area contributed by atoms with E-state index >= 15 is 0 Å². The van der Waals surface area contributed by atoms with E-state index in [-0.39, 0.29) is 11.2 Å². The van der Waals surface area contributed by atoms with Gasteiger partial charge in [0, 0.05) is 13.1 Å². The lowest BCUT2D eigenvalue weighted by Crippen LogP contribution is -2.47. The fourth-order valence-corrected chi connectivity index (χ4v) is 2.80. The molecule has 5 nitrogen and oxygen atoms in total. The molecule has 1 fully saturated rings. The molecule has 0 radical (unpaired) electrons. The predicted molar refractivity (Wildman–Crippen MR) is 85.2 cm³/mol. The average molecular weight is 347 g/mol. The fourth-order valence-electron chi connectivity index (χ4n) is 2.37. The number of amides is 1. The van der Waals surface area contributed by atoms with Crippen molar-refractivity contribution in [3.05, 3.63) is 28.0 Å². The summed E-state index contributed by atoms with van der Waals surface area (Å²) in [6, 6.07) is 3.19. The quantitative estimate of drug-likeness (QED) is 0.789. The Labute approximate surface area is 140 Å². The normalized spacial score (nSPS) is 18.2. The summed E-state index contributed by atoms with van der Waals surface area (Å²) in [5, 5.41) is 11.4. The Morgan fingerprint density at radius 3 is 2.45 bits per heavy atom. The molecule has 1 N–H and O–H groups in total. The number of carbonyl (C=O) groups excluding carboxylic acids is 1. The van der Waals surface area contributed by atoms with Crippen LogP contribution in [0.5, 0.6) is 0 Å². The number of ether oxygens (including phenoxy) is 1. The van der Waals surface area contributed by atoms with Crippen LogP contribution in [0.2, 0.25) is 10.2 Å². The average Bonchev–Trinajstić information content (AvgIpc) is 2.40. The van der Waals surface area contributed by atoms with E-state index in [1.165, 1.54) is 0 Å². The fraction of sp³-hybridized carbons (Fsp3) is 0.600. The number of pyridine rings is 1. The van der Waals surface area contributed by atoms with Crippen LogP contribution in [0, 0.1) is 0 Å². The molecule has 1 amide bonds. The van der Waals surface area contributed by atoms with Gasteiger partial charge >= 0.3 is 6.09 Å². The molecule has 22 heavy (non-hydrogen) atoms. The first-order valence-corrected chi connectivity index (χ1v) is 7.89. The summed E-state index contributed by atoms with van der Waals surface area (Å²) < 4.78 is 5.34. The maximum Gasteiger partial charge on any atom is 0.410 e. The van der Waals surface area contributed by atoms with Gasteiger partial charge in [-0.2, -0.15) is 0 Å². The second-order valence-corrected chi connectivity index (χ2v) is 7.26. The number of aliphatic hydroxyl groups is 1. The number of rotatable bonds is 1. The second-order valence-electron chi connectivity index (χ2n) is 6.46. The number of aromatic nitrogens is 1. The lowest BCUT2D eigenvalue weighted by Gasteiger charge is -2.38. The van der Waals surface area contributed by atoms with Crippen LogP contribution < -0.4 is 0 Å². The van der Waals surface area contributed by atoms with Crippen molar-refractivity contribution in [2.45, 2.75) is 44.8 Å². The molecule has 2 heterocycles. The Balaban J connectivity index is 2.07. The zero-order valence-corrected chi connectivity index (χ0v) is 14.4. The largest absolute Gasteiger partial charge is 0.444 e. The van der Waals surface area contributed by atoms with E-state index < -0.39 is 11.2 Å². The summed E-state index contributed by atoms with van der Waals surface area (Å²) in [6.45, 7) is 6.20. The number of halogens is 2. The van der Waals surface area contributed by atoms with Crippen molar-refractivity contribution in [1.82, 2.24) is 9.88 Å². The smallest absolute Gasteiger partial charge is 0.410 e. The van der Waals surface area contributed by atoms with Crippen LogP contribution in [0.3, 0.4) is 0 Å². The van der Waals surface area contributed by atoms with E-state index in [9.17, 15) is 9.90 Å². The standard InChI is InChI=1S/C15H20Cl2N2O3/c1-14(2,3)22-13(20)19-8-6-15(21,7-9-19)12-10(16)4-5-11(17)18-12/h4-5,21H,6-9H2,1-3H3. The SMILES string of the molecule is CC(C)(C)OC(=O)N1CCC(O)(c2nc(Cl)ccc2Cl)CC1. The minimum atomic E-state index is -1.18. The lowest BCUT2D eigenvalue weighted by atomic mass is 9.88. The third-order valence-corrected chi connectivity index (χ3v) is 4.01. The summed E-state index contributed by atoms with van der Waals surface area (Å²) in [7, 11) is 0. The molecule has 0 saturated carbocycles. The molecular formula is C15H20Cl2N2O3. The maximum atomic E-state index is 12.0. The summed E-state index contributed by atoms with van der Waals surface area (Å²) in [6.07, 6.45) is 0.290. The molecule has 0 bridgehead atoms. The van der Waals surface area contributed by atoms with Gasteiger partial charge in [0.2, 0.25) is 0 Å². The summed E-state index contributed by atoms with van der Waals surface area (Å²) in [5.41, 5.74) is -1.35. The van der Waals surface area contributed by atoms with Crippen molar-refractivity contribution in [3.8, 4) is 0 Å². The highest BCUT2D eigenvalue weighted by Crippen LogP contribution is 2.36. The van der Waals surface area contributed by atoms with Crippen LogP contribution in [0.4, 0.5) is 4.79 Å². The van der Waals surface area contributed by atoms with E-state index in [1.54, 1.807) is 17.0 Å². The predicted octanol–water partition coefficient (Wildman–Crippen LogP) is 3.61. The van der Waals surface area contributed by atoms with E-state index in [0.717, 1.165) is 0 Å². The first-order chi connectivity index (χ1) is 10.1. The molecule has 1 saturated heterocycles. The monoisotopic (exact) mass is 346 g/mol. The van der Waals surface area contributed by atoms with Gasteiger partial charge in [-0.05, 0) is 45.7 Å². The molecular weight excluding hydrogens is 327 g/mol. The molecule has 1 aromatic rings. The van der Waals surface area contributed by atoms with Gasteiger partial charge in [0.25, 0.3) is 0 Å². The van der Waals surface area contributed by atoms with Crippen molar-refractivity contribution in [3.63, 3.8) is 0 Å². The molecule has 0 atom stereocenters. The topological polar surface area (TPSA) is 62.7 Å². The Bertz CT molecular complexity index is 564. The molecule has 1 aromatic heterocycles. The van der Waals surface area contributed by atoms with Crippen LogP contribution in [-0.2, 0) is 10.3 Å². The van der Waals surface area contributed by atoms with Crippen molar-refractivity contribution >= 4 is 29.3 Å². The van der Waals surface area contributed by atoms with E-state index in [0.29, 0.717) is 36.6 Å². The van der Waals surface area contributed by atoms with Crippen LogP contribution in [0.25, 0.3) is 0 Å². The number of hydrogen-bond acceptors (Lipinski definition) is 4. The van der Waals surface area contributed by atoms with Crippen molar-refractivity contribution in [2.75, 3.05) is 13.1 Å². The van der Waals surface area contributed by atoms with E-state index in [1.807, 2.05) is 20.8 Å². The van der Waals surface area contributed by atoms with Crippen molar-refractivity contribution in [1.29, 1.82) is 0 Å². The number of piperidine rings is 1. The molecule has 0 aromatic carbocycles. The Kier molecular flexibility index (Phi) is 4.90. The van der Waals surface area contributed by atoms with Gasteiger partial charge in [0.1, 0.15) is 16.4 Å². The molecule has 0 unspecified atom stereocenters. The number of nitrogens with zero attached hydrogens (tertiary/aromatic N) is 2. The molecule has 0 spiro atoms. The van der Waals surface area contributed by atoms with E-state index in [4.69, 9.17) is 27.9 Å². The van der Waals surface area contributed by atoms with E-state index in [2.05, 4.69) is 4.98 Å². The summed E-state index contributed by atoms with van der Waals surface area (Å²) in [4.78, 5) is 17.8. The van der Waals surface area contributed by atoms with Crippen LogP contribution in [-0.4, -0.2) is 39.8 Å². The Morgan fingerprint density at radius 1 is 1.32 bits per heavy atom. The van der Waals surface area contributed by atoms with Gasteiger partial charge < -0.3 is 14.7 Å². The highest BCUT2D eigenvalue weighted by molar-refractivity contribution is 6.32. The van der Waals surface area contributed by atoms with Gasteiger partial charge in [0.05, 0.1) is 10.7 Å². The van der Waals surface area contributed by atoms with Crippen LogP contribution in [0.1, 0.15) is 39.3 Å². The molecule has 7 heteroatoms. The van der Waals surface area contributed by atoms with Gasteiger partial charge in [-0.25, -0.2) is 9.78 Å². The minimum absolute atomic E-state index is 0.280. The highest BCUT2D eigenvalue weighted by Gasteiger charge is 2.39. The molecule has 122 valence electrons. The summed E-state index contributed by atoms with van der Waals surface area (Å²) >= 11 is 12.0. The van der Waals surface area contributed by atoms with Crippen LogP contribution >= 0.6 is 23.2 Å². The number of carbonyl (C=O) groups is 1. The highest BCUT2D eigenvalue weighted by atomic mass is 35.5. The maximum absolute atomic E-state index is 12.0. The van der Waals surface area contributed by atoms with Gasteiger partial charge in [0.15, 0.2) is 0 Å². The van der Waals surface area contributed by atoms with Gasteiger partial charge in [-0.15, -0.1) is 0 Å². The number of likely N-dealkylation sites (tertiary alicyclic amines) is 1. The zero-order chi connectivity index (χ0) is 16.5. The van der Waals surface area contributed by atoms with Gasteiger partial charge in [-0.3, -0.25) is 0 Å². The minimum Gasteiger partial charge on any atom is -0.444 e. The summed E-state index contributed by atoms with van der Waals surface area (Å²) in [5.74, 6) is 0. The third-order valence-electron chi connectivity index (χ3n) is 3.50. The van der Waals surface area contributed by atoms with Gasteiger partial charge in [-0.1, -0.05) is 23.2 Å².